The normalized spacial score (nSPS) is 16.7. The zero-order valence-electron chi connectivity index (χ0n) is 13.9. The zero-order valence-corrected chi connectivity index (χ0v) is 14.7. The van der Waals surface area contributed by atoms with Crippen molar-refractivity contribution in [3.63, 3.8) is 0 Å². The summed E-state index contributed by atoms with van der Waals surface area (Å²) in [5, 5.41) is 0.363. The highest BCUT2D eigenvalue weighted by molar-refractivity contribution is 7.86. The highest BCUT2D eigenvalue weighted by Gasteiger charge is 2.44. The van der Waals surface area contributed by atoms with Gasteiger partial charge in [-0.05, 0) is 43.0 Å². The Morgan fingerprint density at radius 2 is 1.62 bits per heavy atom. The number of rotatable bonds is 3. The van der Waals surface area contributed by atoms with Crippen molar-refractivity contribution in [2.45, 2.75) is 24.7 Å². The molecule has 1 aliphatic carbocycles. The maximum atomic E-state index is 12.7. The number of carbonyl (C=O) groups excluding carboxylic acids is 2. The standard InChI is InChI=1S/C19H15NO5S/c1-12-6-9-14(10-7-12)26(23,24)25-20-18(21)16-11-8-13-4-2-3-5-15(13)17(16)19(20)22/h2-7,9-10H,8,11H2,1H3. The lowest BCUT2D eigenvalue weighted by atomic mass is 9.87. The third kappa shape index (κ3) is 2.56. The molecule has 2 amide bonds. The van der Waals surface area contributed by atoms with Crippen molar-refractivity contribution in [3.8, 4) is 0 Å². The third-order valence-corrected chi connectivity index (χ3v) is 5.75. The van der Waals surface area contributed by atoms with Gasteiger partial charge in [0.05, 0.1) is 10.5 Å². The van der Waals surface area contributed by atoms with Gasteiger partial charge in [0, 0.05) is 5.57 Å². The van der Waals surface area contributed by atoms with Crippen LogP contribution in [0.15, 0.2) is 59.0 Å². The lowest BCUT2D eigenvalue weighted by Gasteiger charge is -2.15. The summed E-state index contributed by atoms with van der Waals surface area (Å²) < 4.78 is 29.8. The quantitative estimate of drug-likeness (QED) is 0.776. The van der Waals surface area contributed by atoms with Gasteiger partial charge in [0.15, 0.2) is 0 Å². The van der Waals surface area contributed by atoms with Gasteiger partial charge in [-0.1, -0.05) is 42.0 Å². The van der Waals surface area contributed by atoms with Crippen LogP contribution in [-0.4, -0.2) is 25.3 Å². The number of carbonyl (C=O) groups is 2. The molecule has 7 heteroatoms. The Balaban J connectivity index is 1.68. The topological polar surface area (TPSA) is 80.8 Å². The van der Waals surface area contributed by atoms with Gasteiger partial charge in [0.1, 0.15) is 0 Å². The van der Waals surface area contributed by atoms with E-state index in [1.54, 1.807) is 24.3 Å². The lowest BCUT2D eigenvalue weighted by Crippen LogP contribution is -2.34. The Morgan fingerprint density at radius 1 is 0.923 bits per heavy atom. The van der Waals surface area contributed by atoms with Crippen LogP contribution in [0.2, 0.25) is 0 Å². The first-order valence-corrected chi connectivity index (χ1v) is 9.51. The van der Waals surface area contributed by atoms with Gasteiger partial charge < -0.3 is 0 Å². The molecule has 0 unspecified atom stereocenters. The molecule has 0 bridgehead atoms. The highest BCUT2D eigenvalue weighted by atomic mass is 32.2. The molecule has 0 N–H and O–H groups in total. The van der Waals surface area contributed by atoms with Crippen LogP contribution >= 0.6 is 0 Å². The molecule has 2 aromatic rings. The van der Waals surface area contributed by atoms with Crippen LogP contribution in [0.5, 0.6) is 0 Å². The molecule has 0 saturated heterocycles. The average Bonchev–Trinajstić information content (AvgIpc) is 2.87. The molecule has 0 saturated carbocycles. The largest absolute Gasteiger partial charge is 0.318 e. The van der Waals surface area contributed by atoms with Crippen LogP contribution < -0.4 is 0 Å². The predicted octanol–water partition coefficient (Wildman–Crippen LogP) is 2.38. The summed E-state index contributed by atoms with van der Waals surface area (Å²) in [4.78, 5) is 25.2. The molecule has 4 rings (SSSR count). The first kappa shape index (κ1) is 16.7. The Hall–Kier alpha value is -2.77. The summed E-state index contributed by atoms with van der Waals surface area (Å²) in [5.41, 5.74) is 3.02. The predicted molar refractivity (Wildman–Crippen MR) is 93.0 cm³/mol. The molecule has 132 valence electrons. The number of hydroxylamine groups is 2. The number of hydrogen-bond acceptors (Lipinski definition) is 5. The van der Waals surface area contributed by atoms with Crippen LogP contribution in [0, 0.1) is 6.92 Å². The second-order valence-electron chi connectivity index (χ2n) is 6.26. The highest BCUT2D eigenvalue weighted by Crippen LogP contribution is 2.38. The summed E-state index contributed by atoms with van der Waals surface area (Å²) >= 11 is 0. The molecular weight excluding hydrogens is 354 g/mol. The van der Waals surface area contributed by atoms with Crippen molar-refractivity contribution < 1.29 is 22.3 Å². The van der Waals surface area contributed by atoms with Crippen LogP contribution in [-0.2, 0) is 30.4 Å². The minimum atomic E-state index is -4.29. The van der Waals surface area contributed by atoms with Gasteiger partial charge in [0.2, 0.25) is 0 Å². The molecule has 2 aromatic carbocycles. The van der Waals surface area contributed by atoms with Crippen LogP contribution in [0.3, 0.4) is 0 Å². The zero-order chi connectivity index (χ0) is 18.5. The minimum absolute atomic E-state index is 0.117. The first-order chi connectivity index (χ1) is 12.4. The molecule has 1 aliphatic heterocycles. The third-order valence-electron chi connectivity index (χ3n) is 4.56. The molecular formula is C19H15NO5S. The number of aryl methyl sites for hydroxylation is 2. The second-order valence-corrected chi connectivity index (χ2v) is 7.79. The van der Waals surface area contributed by atoms with Gasteiger partial charge in [-0.3, -0.25) is 9.59 Å². The van der Waals surface area contributed by atoms with Crippen LogP contribution in [0.4, 0.5) is 0 Å². The SMILES string of the molecule is Cc1ccc(S(=O)(=O)ON2C(=O)C3=C(C2=O)c2ccccc2CC3)cc1. The lowest BCUT2D eigenvalue weighted by molar-refractivity contribution is -0.162. The second kappa shape index (κ2) is 5.89. The summed E-state index contributed by atoms with van der Waals surface area (Å²) in [6, 6.07) is 13.3. The Bertz CT molecular complexity index is 1070. The van der Waals surface area contributed by atoms with E-state index >= 15 is 0 Å². The molecule has 6 nitrogen and oxygen atoms in total. The van der Waals surface area contributed by atoms with Gasteiger partial charge in [0.25, 0.3) is 11.8 Å². The molecule has 0 radical (unpaired) electrons. The number of imide groups is 1. The van der Waals surface area contributed by atoms with Gasteiger partial charge in [-0.25, -0.2) is 0 Å². The van der Waals surface area contributed by atoms with E-state index in [-0.39, 0.29) is 10.5 Å². The molecule has 0 fully saturated rings. The van der Waals surface area contributed by atoms with E-state index < -0.39 is 21.9 Å². The van der Waals surface area contributed by atoms with E-state index in [2.05, 4.69) is 0 Å². The fourth-order valence-corrected chi connectivity index (χ4v) is 4.10. The molecule has 1 heterocycles. The van der Waals surface area contributed by atoms with Crippen molar-refractivity contribution >= 4 is 27.5 Å². The maximum Gasteiger partial charge on any atom is 0.318 e. The first-order valence-electron chi connectivity index (χ1n) is 8.10. The number of nitrogens with zero attached hydrogens (tertiary/aromatic N) is 1. The van der Waals surface area contributed by atoms with E-state index in [9.17, 15) is 18.0 Å². The van der Waals surface area contributed by atoms with E-state index in [1.165, 1.54) is 12.1 Å². The molecule has 2 aliphatic rings. The number of amides is 2. The summed E-state index contributed by atoms with van der Waals surface area (Å²) in [5.74, 6) is -1.46. The number of fused-ring (bicyclic) bond motifs is 2. The molecule has 26 heavy (non-hydrogen) atoms. The number of benzene rings is 2. The Kier molecular flexibility index (Phi) is 3.78. The van der Waals surface area contributed by atoms with Crippen LogP contribution in [0.25, 0.3) is 5.57 Å². The monoisotopic (exact) mass is 369 g/mol. The van der Waals surface area contributed by atoms with E-state index in [1.807, 2.05) is 19.1 Å². The molecule has 0 aromatic heterocycles. The van der Waals surface area contributed by atoms with E-state index in [0.29, 0.717) is 29.0 Å². The fourth-order valence-electron chi connectivity index (χ4n) is 3.22. The summed E-state index contributed by atoms with van der Waals surface area (Å²) in [7, 11) is -4.29. The summed E-state index contributed by atoms with van der Waals surface area (Å²) in [6.07, 6.45) is 0.994. The smallest absolute Gasteiger partial charge is 0.267 e. The van der Waals surface area contributed by atoms with Gasteiger partial charge in [-0.2, -0.15) is 8.42 Å². The average molecular weight is 369 g/mol. The van der Waals surface area contributed by atoms with Crippen molar-refractivity contribution in [2.75, 3.05) is 0 Å². The van der Waals surface area contributed by atoms with E-state index in [0.717, 1.165) is 11.1 Å². The number of hydrogen-bond donors (Lipinski definition) is 0. The van der Waals surface area contributed by atoms with Crippen LogP contribution in [0.1, 0.15) is 23.1 Å². The van der Waals surface area contributed by atoms with Crippen molar-refractivity contribution in [1.29, 1.82) is 0 Å². The molecule has 0 atom stereocenters. The van der Waals surface area contributed by atoms with Crippen molar-refractivity contribution in [3.05, 3.63) is 70.8 Å². The summed E-state index contributed by atoms with van der Waals surface area (Å²) in [6.45, 7) is 1.82. The minimum Gasteiger partial charge on any atom is -0.267 e. The fraction of sp³-hybridized carbons (Fsp3) is 0.158. The van der Waals surface area contributed by atoms with E-state index in [4.69, 9.17) is 4.28 Å². The van der Waals surface area contributed by atoms with Gasteiger partial charge >= 0.3 is 10.1 Å². The van der Waals surface area contributed by atoms with Crippen molar-refractivity contribution in [1.82, 2.24) is 5.06 Å². The maximum absolute atomic E-state index is 12.7. The van der Waals surface area contributed by atoms with Crippen molar-refractivity contribution in [2.24, 2.45) is 0 Å². The Morgan fingerprint density at radius 3 is 2.35 bits per heavy atom. The van der Waals surface area contributed by atoms with Gasteiger partial charge in [-0.15, -0.1) is 9.35 Å². The molecule has 0 spiro atoms. The Labute approximate surface area is 150 Å².